The molecule has 6 nitrogen and oxygen atoms in total. The van der Waals surface area contributed by atoms with Gasteiger partial charge in [0.15, 0.2) is 0 Å². The fourth-order valence-corrected chi connectivity index (χ4v) is 3.31. The quantitative estimate of drug-likeness (QED) is 0.698. The van der Waals surface area contributed by atoms with Crippen molar-refractivity contribution in [2.45, 2.75) is 39.7 Å². The number of amides is 2. The molecule has 1 unspecified atom stereocenters. The van der Waals surface area contributed by atoms with E-state index in [2.05, 4.69) is 17.6 Å². The molecule has 152 valence electrons. The van der Waals surface area contributed by atoms with Gasteiger partial charge in [-0.1, -0.05) is 31.5 Å². The summed E-state index contributed by atoms with van der Waals surface area (Å²) in [5.41, 5.74) is 4.17. The SMILES string of the molecule is CCCC1=C(C(=O)OC)C(c2ccc(Oc3ccc(C)c(C)c3)cc2)NC(=O)N1. The van der Waals surface area contributed by atoms with Crippen LogP contribution in [0.25, 0.3) is 0 Å². The molecule has 29 heavy (non-hydrogen) atoms. The van der Waals surface area contributed by atoms with Gasteiger partial charge in [-0.2, -0.15) is 0 Å². The fraction of sp³-hybridized carbons (Fsp3) is 0.304. The molecule has 0 saturated heterocycles. The lowest BCUT2D eigenvalue weighted by molar-refractivity contribution is -0.136. The molecule has 0 aliphatic carbocycles. The maximum atomic E-state index is 12.4. The van der Waals surface area contributed by atoms with E-state index < -0.39 is 12.0 Å². The molecule has 1 atom stereocenters. The van der Waals surface area contributed by atoms with Crippen molar-refractivity contribution >= 4 is 12.0 Å². The molecular formula is C23H26N2O4. The zero-order valence-corrected chi connectivity index (χ0v) is 17.2. The van der Waals surface area contributed by atoms with E-state index in [1.807, 2.05) is 56.3 Å². The molecule has 2 amide bonds. The number of ether oxygens (including phenoxy) is 2. The van der Waals surface area contributed by atoms with Crippen molar-refractivity contribution in [2.75, 3.05) is 7.11 Å². The Hall–Kier alpha value is -3.28. The summed E-state index contributed by atoms with van der Waals surface area (Å²) in [5.74, 6) is 0.979. The molecule has 0 radical (unpaired) electrons. The molecule has 2 aromatic carbocycles. The van der Waals surface area contributed by atoms with Crippen molar-refractivity contribution in [1.82, 2.24) is 10.6 Å². The fourth-order valence-electron chi connectivity index (χ4n) is 3.31. The summed E-state index contributed by atoms with van der Waals surface area (Å²) in [4.78, 5) is 24.5. The molecule has 0 spiro atoms. The Labute approximate surface area is 170 Å². The summed E-state index contributed by atoms with van der Waals surface area (Å²) < 4.78 is 10.9. The number of esters is 1. The lowest BCUT2D eigenvalue weighted by atomic mass is 9.94. The van der Waals surface area contributed by atoms with Crippen LogP contribution >= 0.6 is 0 Å². The third-order valence-electron chi connectivity index (χ3n) is 4.99. The van der Waals surface area contributed by atoms with Gasteiger partial charge in [0.25, 0.3) is 0 Å². The van der Waals surface area contributed by atoms with Crippen LogP contribution in [0.1, 0.15) is 42.5 Å². The summed E-state index contributed by atoms with van der Waals surface area (Å²) in [6, 6.07) is 12.4. The normalized spacial score (nSPS) is 16.1. The molecule has 0 bridgehead atoms. The number of benzene rings is 2. The highest BCUT2D eigenvalue weighted by molar-refractivity contribution is 5.95. The van der Waals surface area contributed by atoms with Crippen LogP contribution in [0.5, 0.6) is 11.5 Å². The number of allylic oxidation sites excluding steroid dienone is 1. The molecule has 2 N–H and O–H groups in total. The zero-order valence-electron chi connectivity index (χ0n) is 17.2. The number of hydrogen-bond donors (Lipinski definition) is 2. The van der Waals surface area contributed by atoms with Crippen molar-refractivity contribution in [1.29, 1.82) is 0 Å². The maximum absolute atomic E-state index is 12.4. The Morgan fingerprint density at radius 3 is 2.34 bits per heavy atom. The molecule has 0 fully saturated rings. The average Bonchev–Trinajstić information content (AvgIpc) is 2.70. The summed E-state index contributed by atoms with van der Waals surface area (Å²) in [7, 11) is 1.34. The molecule has 0 aromatic heterocycles. The second-order valence-electron chi connectivity index (χ2n) is 7.08. The molecule has 6 heteroatoms. The first-order valence-corrected chi connectivity index (χ1v) is 9.66. The van der Waals surface area contributed by atoms with E-state index in [9.17, 15) is 9.59 Å². The van der Waals surface area contributed by atoms with Gasteiger partial charge in [-0.15, -0.1) is 0 Å². The van der Waals surface area contributed by atoms with Crippen LogP contribution in [0, 0.1) is 13.8 Å². The van der Waals surface area contributed by atoms with Crippen molar-refractivity contribution in [3.05, 3.63) is 70.4 Å². The van der Waals surface area contributed by atoms with Crippen molar-refractivity contribution < 1.29 is 19.1 Å². The minimum atomic E-state index is -0.576. The standard InChI is InChI=1S/C23H26N2O4/c1-5-6-19-20(22(26)28-4)21(25-23(27)24-19)16-8-11-17(12-9-16)29-18-10-7-14(2)15(3)13-18/h7-13,21H,5-6H2,1-4H3,(H2,24,25,27). The number of nitrogens with one attached hydrogen (secondary N) is 2. The predicted octanol–water partition coefficient (Wildman–Crippen LogP) is 4.68. The van der Waals surface area contributed by atoms with E-state index in [1.165, 1.54) is 12.7 Å². The zero-order chi connectivity index (χ0) is 21.0. The molecular weight excluding hydrogens is 368 g/mol. The van der Waals surface area contributed by atoms with Gasteiger partial charge in [-0.3, -0.25) is 0 Å². The summed E-state index contributed by atoms with van der Waals surface area (Å²) in [6.07, 6.45) is 1.38. The van der Waals surface area contributed by atoms with Crippen molar-refractivity contribution in [3.8, 4) is 11.5 Å². The Morgan fingerprint density at radius 1 is 1.03 bits per heavy atom. The van der Waals surface area contributed by atoms with Crippen LogP contribution in [-0.4, -0.2) is 19.1 Å². The second kappa shape index (κ2) is 8.82. The lowest BCUT2D eigenvalue weighted by Gasteiger charge is -2.29. The maximum Gasteiger partial charge on any atom is 0.337 e. The van der Waals surface area contributed by atoms with Crippen molar-refractivity contribution in [3.63, 3.8) is 0 Å². The number of urea groups is 1. The van der Waals surface area contributed by atoms with Crippen LogP contribution in [0.2, 0.25) is 0 Å². The molecule has 0 saturated carbocycles. The largest absolute Gasteiger partial charge is 0.466 e. The second-order valence-corrected chi connectivity index (χ2v) is 7.08. The van der Waals surface area contributed by atoms with Gasteiger partial charge in [0.2, 0.25) is 0 Å². The number of hydrogen-bond acceptors (Lipinski definition) is 4. The third-order valence-corrected chi connectivity index (χ3v) is 4.99. The third kappa shape index (κ3) is 4.59. The van der Waals surface area contributed by atoms with Gasteiger partial charge < -0.3 is 20.1 Å². The number of carbonyl (C=O) groups excluding carboxylic acids is 2. The highest BCUT2D eigenvalue weighted by Gasteiger charge is 2.33. The number of carbonyl (C=O) groups is 2. The molecule has 1 aliphatic heterocycles. The number of methoxy groups -OCH3 is 1. The number of rotatable bonds is 6. The van der Waals surface area contributed by atoms with E-state index >= 15 is 0 Å². The van der Waals surface area contributed by atoms with E-state index in [4.69, 9.17) is 9.47 Å². The first-order chi connectivity index (χ1) is 13.9. The molecule has 1 aliphatic rings. The highest BCUT2D eigenvalue weighted by Crippen LogP contribution is 2.31. The Balaban J connectivity index is 1.88. The monoisotopic (exact) mass is 394 g/mol. The van der Waals surface area contributed by atoms with E-state index in [0.29, 0.717) is 23.4 Å². The Bertz CT molecular complexity index is 948. The van der Waals surface area contributed by atoms with Gasteiger partial charge in [-0.25, -0.2) is 9.59 Å². The summed E-state index contributed by atoms with van der Waals surface area (Å²) in [6.45, 7) is 6.09. The Kier molecular flexibility index (Phi) is 6.22. The average molecular weight is 394 g/mol. The van der Waals surface area contributed by atoms with Gasteiger partial charge in [0.05, 0.1) is 18.7 Å². The minimum Gasteiger partial charge on any atom is -0.466 e. The summed E-state index contributed by atoms with van der Waals surface area (Å²) >= 11 is 0. The molecule has 3 rings (SSSR count). The van der Waals surface area contributed by atoms with Crippen LogP contribution in [0.15, 0.2) is 53.7 Å². The molecule has 1 heterocycles. The number of aryl methyl sites for hydroxylation is 2. The summed E-state index contributed by atoms with van der Waals surface area (Å²) in [5, 5.41) is 5.56. The van der Waals surface area contributed by atoms with E-state index in [1.54, 1.807) is 0 Å². The minimum absolute atomic E-state index is 0.332. The lowest BCUT2D eigenvalue weighted by Crippen LogP contribution is -2.45. The van der Waals surface area contributed by atoms with E-state index in [-0.39, 0.29) is 6.03 Å². The highest BCUT2D eigenvalue weighted by atomic mass is 16.5. The van der Waals surface area contributed by atoms with Crippen molar-refractivity contribution in [2.24, 2.45) is 0 Å². The van der Waals surface area contributed by atoms with Gasteiger partial charge in [0.1, 0.15) is 11.5 Å². The van der Waals surface area contributed by atoms with Gasteiger partial charge in [0, 0.05) is 5.70 Å². The Morgan fingerprint density at radius 2 is 1.72 bits per heavy atom. The topological polar surface area (TPSA) is 76.7 Å². The predicted molar refractivity (Wildman–Crippen MR) is 111 cm³/mol. The molecule has 2 aromatic rings. The first-order valence-electron chi connectivity index (χ1n) is 9.66. The van der Waals surface area contributed by atoms with E-state index in [0.717, 1.165) is 23.3 Å². The van der Waals surface area contributed by atoms with Crippen LogP contribution in [-0.2, 0) is 9.53 Å². The van der Waals surface area contributed by atoms with Gasteiger partial charge >= 0.3 is 12.0 Å². The van der Waals surface area contributed by atoms with Crippen LogP contribution in [0.4, 0.5) is 4.79 Å². The van der Waals surface area contributed by atoms with Gasteiger partial charge in [-0.05, 0) is 61.2 Å². The van der Waals surface area contributed by atoms with Crippen LogP contribution in [0.3, 0.4) is 0 Å². The van der Waals surface area contributed by atoms with Crippen LogP contribution < -0.4 is 15.4 Å². The smallest absolute Gasteiger partial charge is 0.337 e. The first kappa shape index (κ1) is 20.5.